The first-order valence-electron chi connectivity index (χ1n) is 11.5. The van der Waals surface area contributed by atoms with Crippen molar-refractivity contribution in [3.63, 3.8) is 0 Å². The maximum absolute atomic E-state index is 12.4. The minimum absolute atomic E-state index is 0.0195. The highest BCUT2D eigenvalue weighted by molar-refractivity contribution is 5.73. The number of hydrogen-bond acceptors (Lipinski definition) is 5. The molecule has 2 atom stereocenters. The molecule has 1 heterocycles. The summed E-state index contributed by atoms with van der Waals surface area (Å²) in [6.07, 6.45) is 8.45. The Morgan fingerprint density at radius 3 is 2.21 bits per heavy atom. The van der Waals surface area contributed by atoms with Gasteiger partial charge in [0.2, 0.25) is 0 Å². The third kappa shape index (κ3) is 8.39. The Labute approximate surface area is 176 Å². The summed E-state index contributed by atoms with van der Waals surface area (Å²) in [6.45, 7) is 11.6. The number of rotatable bonds is 10. The Balaban J connectivity index is 1.62. The van der Waals surface area contributed by atoms with Gasteiger partial charge in [0.15, 0.2) is 0 Å². The molecule has 2 fully saturated rings. The Hall–Kier alpha value is -1.52. The number of allylic oxidation sites excluding steroid dienone is 1. The van der Waals surface area contributed by atoms with Gasteiger partial charge < -0.3 is 14.2 Å². The minimum atomic E-state index is -0.154. The average Bonchev–Trinajstić information content (AvgIpc) is 2.71. The van der Waals surface area contributed by atoms with Gasteiger partial charge in [-0.05, 0) is 62.7 Å². The molecule has 0 aromatic heterocycles. The number of hydrogen-bond donors (Lipinski definition) is 0. The van der Waals surface area contributed by atoms with Crippen LogP contribution in [0.1, 0.15) is 78.6 Å². The van der Waals surface area contributed by atoms with Gasteiger partial charge in [0.25, 0.3) is 0 Å². The molecule has 29 heavy (non-hydrogen) atoms. The fourth-order valence-corrected chi connectivity index (χ4v) is 4.34. The molecule has 0 aromatic rings. The van der Waals surface area contributed by atoms with E-state index >= 15 is 0 Å². The molecular formula is C24H40O5. The van der Waals surface area contributed by atoms with Gasteiger partial charge in [0.05, 0.1) is 30.8 Å². The van der Waals surface area contributed by atoms with Gasteiger partial charge in [-0.3, -0.25) is 9.59 Å². The first kappa shape index (κ1) is 23.8. The summed E-state index contributed by atoms with van der Waals surface area (Å²) < 4.78 is 16.6. The highest BCUT2D eigenvalue weighted by atomic mass is 16.5. The van der Waals surface area contributed by atoms with E-state index in [1.54, 1.807) is 0 Å². The summed E-state index contributed by atoms with van der Waals surface area (Å²) in [5.41, 5.74) is 0. The standard InChI is InChI=1S/C24H40O5/c1-5-6-21(13-17(2)3)23(25)28-14-19-8-10-20(11-9-19)15-29-24(26)22-12-7-18(4)27-16-22/h17,19-22H,4-16H2,1-3H3. The highest BCUT2D eigenvalue weighted by Gasteiger charge is 2.28. The van der Waals surface area contributed by atoms with Crippen molar-refractivity contribution >= 4 is 11.9 Å². The van der Waals surface area contributed by atoms with Crippen molar-refractivity contribution in [2.45, 2.75) is 78.6 Å². The van der Waals surface area contributed by atoms with Crippen LogP contribution in [0.5, 0.6) is 0 Å². The zero-order valence-corrected chi connectivity index (χ0v) is 18.6. The van der Waals surface area contributed by atoms with Crippen molar-refractivity contribution in [2.75, 3.05) is 19.8 Å². The van der Waals surface area contributed by atoms with E-state index in [2.05, 4.69) is 27.4 Å². The van der Waals surface area contributed by atoms with Crippen LogP contribution in [0, 0.1) is 29.6 Å². The largest absolute Gasteiger partial charge is 0.498 e. The molecule has 0 amide bonds. The van der Waals surface area contributed by atoms with E-state index in [1.807, 2.05) is 0 Å². The fourth-order valence-electron chi connectivity index (χ4n) is 4.34. The Kier molecular flexibility index (Phi) is 10.0. The number of carbonyl (C=O) groups excluding carboxylic acids is 2. The molecule has 0 spiro atoms. The molecule has 2 unspecified atom stereocenters. The lowest BCUT2D eigenvalue weighted by Gasteiger charge is -2.29. The van der Waals surface area contributed by atoms with Crippen molar-refractivity contribution < 1.29 is 23.8 Å². The van der Waals surface area contributed by atoms with Gasteiger partial charge in [0, 0.05) is 6.42 Å². The van der Waals surface area contributed by atoms with Crippen LogP contribution in [0.25, 0.3) is 0 Å². The molecule has 0 N–H and O–H groups in total. The molecule has 0 aromatic carbocycles. The summed E-state index contributed by atoms with van der Waals surface area (Å²) in [7, 11) is 0. The van der Waals surface area contributed by atoms with Crippen LogP contribution < -0.4 is 0 Å². The summed E-state index contributed by atoms with van der Waals surface area (Å²) in [6, 6.07) is 0. The van der Waals surface area contributed by atoms with E-state index in [0.29, 0.717) is 37.6 Å². The first-order valence-corrected chi connectivity index (χ1v) is 11.5. The van der Waals surface area contributed by atoms with E-state index < -0.39 is 0 Å². The molecule has 5 heteroatoms. The molecule has 2 aliphatic rings. The smallest absolute Gasteiger partial charge is 0.312 e. The summed E-state index contributed by atoms with van der Waals surface area (Å²) in [5.74, 6) is 1.85. The third-order valence-electron chi connectivity index (χ3n) is 6.21. The Morgan fingerprint density at radius 2 is 1.69 bits per heavy atom. The molecule has 1 saturated heterocycles. The number of carbonyl (C=O) groups is 2. The topological polar surface area (TPSA) is 61.8 Å². The normalized spacial score (nSPS) is 25.9. The molecule has 1 aliphatic carbocycles. The van der Waals surface area contributed by atoms with E-state index in [0.717, 1.165) is 63.5 Å². The van der Waals surface area contributed by atoms with E-state index in [4.69, 9.17) is 14.2 Å². The Bertz CT molecular complexity index is 523. The van der Waals surface area contributed by atoms with Gasteiger partial charge in [-0.1, -0.05) is 33.8 Å². The van der Waals surface area contributed by atoms with E-state index in [-0.39, 0.29) is 23.8 Å². The second-order valence-electron chi connectivity index (χ2n) is 9.35. The van der Waals surface area contributed by atoms with Crippen LogP contribution in [0.15, 0.2) is 12.3 Å². The van der Waals surface area contributed by atoms with Crippen molar-refractivity contribution in [2.24, 2.45) is 29.6 Å². The van der Waals surface area contributed by atoms with Crippen LogP contribution in [-0.2, 0) is 23.8 Å². The van der Waals surface area contributed by atoms with Crippen LogP contribution in [0.3, 0.4) is 0 Å². The summed E-state index contributed by atoms with van der Waals surface area (Å²) in [4.78, 5) is 24.6. The second kappa shape index (κ2) is 12.2. The van der Waals surface area contributed by atoms with Crippen molar-refractivity contribution in [1.82, 2.24) is 0 Å². The third-order valence-corrected chi connectivity index (χ3v) is 6.21. The maximum atomic E-state index is 12.4. The van der Waals surface area contributed by atoms with Crippen molar-refractivity contribution in [1.29, 1.82) is 0 Å². The van der Waals surface area contributed by atoms with Gasteiger partial charge in [0.1, 0.15) is 6.61 Å². The van der Waals surface area contributed by atoms with E-state index in [9.17, 15) is 9.59 Å². The molecule has 2 rings (SSSR count). The molecule has 1 aliphatic heterocycles. The second-order valence-corrected chi connectivity index (χ2v) is 9.35. The zero-order valence-electron chi connectivity index (χ0n) is 18.6. The highest BCUT2D eigenvalue weighted by Crippen LogP contribution is 2.30. The average molecular weight is 409 g/mol. The van der Waals surface area contributed by atoms with Crippen LogP contribution >= 0.6 is 0 Å². The lowest BCUT2D eigenvalue weighted by molar-refractivity contribution is -0.154. The molecular weight excluding hydrogens is 368 g/mol. The predicted octanol–water partition coefficient (Wildman–Crippen LogP) is 5.28. The van der Waals surface area contributed by atoms with Gasteiger partial charge in [-0.15, -0.1) is 0 Å². The number of ether oxygens (including phenoxy) is 3. The fraction of sp³-hybridized carbons (Fsp3) is 0.833. The van der Waals surface area contributed by atoms with Crippen molar-refractivity contribution in [3.8, 4) is 0 Å². The van der Waals surface area contributed by atoms with Crippen LogP contribution in [0.2, 0.25) is 0 Å². The number of esters is 2. The Morgan fingerprint density at radius 1 is 1.07 bits per heavy atom. The molecule has 1 saturated carbocycles. The molecule has 166 valence electrons. The molecule has 5 nitrogen and oxygen atoms in total. The van der Waals surface area contributed by atoms with Gasteiger partial charge in [-0.2, -0.15) is 0 Å². The summed E-state index contributed by atoms with van der Waals surface area (Å²) in [5, 5.41) is 0. The van der Waals surface area contributed by atoms with Gasteiger partial charge in [-0.25, -0.2) is 0 Å². The summed E-state index contributed by atoms with van der Waals surface area (Å²) >= 11 is 0. The monoisotopic (exact) mass is 408 g/mol. The first-order chi connectivity index (χ1) is 13.9. The SMILES string of the molecule is C=C1CCC(C(=O)OCC2CCC(COC(=O)C(CCC)CC(C)C)CC2)CO1. The van der Waals surface area contributed by atoms with E-state index in [1.165, 1.54) is 0 Å². The molecule has 0 bridgehead atoms. The van der Waals surface area contributed by atoms with Gasteiger partial charge >= 0.3 is 11.9 Å². The van der Waals surface area contributed by atoms with Crippen LogP contribution in [-0.4, -0.2) is 31.8 Å². The lowest BCUT2D eigenvalue weighted by Crippen LogP contribution is -2.29. The maximum Gasteiger partial charge on any atom is 0.312 e. The zero-order chi connectivity index (χ0) is 21.2. The lowest BCUT2D eigenvalue weighted by atomic mass is 9.83. The predicted molar refractivity (Wildman–Crippen MR) is 113 cm³/mol. The minimum Gasteiger partial charge on any atom is -0.498 e. The van der Waals surface area contributed by atoms with Crippen molar-refractivity contribution in [3.05, 3.63) is 12.3 Å². The van der Waals surface area contributed by atoms with Crippen LogP contribution in [0.4, 0.5) is 0 Å². The molecule has 0 radical (unpaired) electrons. The quantitative estimate of drug-likeness (QED) is 0.460.